The first-order valence-electron chi connectivity index (χ1n) is 8.17. The lowest BCUT2D eigenvalue weighted by Crippen LogP contribution is -2.42. The minimum Gasteiger partial charge on any atom is -0.325 e. The molecule has 1 aliphatic carbocycles. The van der Waals surface area contributed by atoms with Gasteiger partial charge in [0, 0.05) is 19.0 Å². The van der Waals surface area contributed by atoms with Crippen molar-refractivity contribution in [2.24, 2.45) is 0 Å². The molecule has 1 N–H and O–H groups in total. The fraction of sp³-hybridized carbons (Fsp3) is 0.529. The van der Waals surface area contributed by atoms with Crippen LogP contribution in [-0.4, -0.2) is 37.5 Å². The molecule has 0 aliphatic heterocycles. The summed E-state index contributed by atoms with van der Waals surface area (Å²) in [5, 5.41) is 11.7. The third-order valence-electron chi connectivity index (χ3n) is 4.29. The first-order chi connectivity index (χ1) is 11.4. The SMILES string of the molecule is CS(=O)(=O)N(CCC(=O)Nc1ccccc1C#N)C1CCCCC1. The van der Waals surface area contributed by atoms with E-state index in [9.17, 15) is 13.2 Å². The van der Waals surface area contributed by atoms with Crippen LogP contribution < -0.4 is 5.32 Å². The molecule has 0 saturated heterocycles. The number of hydrogen-bond donors (Lipinski definition) is 1. The molecule has 0 heterocycles. The molecule has 0 unspecified atom stereocenters. The summed E-state index contributed by atoms with van der Waals surface area (Å²) in [5.74, 6) is -0.290. The molecule has 0 atom stereocenters. The number of para-hydroxylation sites is 1. The van der Waals surface area contributed by atoms with E-state index in [0.717, 1.165) is 32.1 Å². The van der Waals surface area contributed by atoms with Gasteiger partial charge in [-0.1, -0.05) is 31.4 Å². The predicted molar refractivity (Wildman–Crippen MR) is 92.8 cm³/mol. The lowest BCUT2D eigenvalue weighted by molar-refractivity contribution is -0.116. The zero-order valence-electron chi connectivity index (χ0n) is 13.9. The molecule has 1 saturated carbocycles. The van der Waals surface area contributed by atoms with Crippen LogP contribution in [0.15, 0.2) is 24.3 Å². The highest BCUT2D eigenvalue weighted by atomic mass is 32.2. The van der Waals surface area contributed by atoms with Crippen LogP contribution in [0, 0.1) is 11.3 Å². The maximum Gasteiger partial charge on any atom is 0.225 e. The minimum atomic E-state index is -3.34. The molecule has 1 aromatic carbocycles. The van der Waals surface area contributed by atoms with Crippen molar-refractivity contribution in [1.82, 2.24) is 4.31 Å². The molecule has 2 rings (SSSR count). The van der Waals surface area contributed by atoms with Gasteiger partial charge in [-0.3, -0.25) is 4.79 Å². The van der Waals surface area contributed by atoms with Crippen molar-refractivity contribution in [2.45, 2.75) is 44.6 Å². The Morgan fingerprint density at radius 1 is 1.29 bits per heavy atom. The summed E-state index contributed by atoms with van der Waals surface area (Å²) in [5.41, 5.74) is 0.840. The van der Waals surface area contributed by atoms with Crippen molar-refractivity contribution in [3.63, 3.8) is 0 Å². The van der Waals surface area contributed by atoms with Gasteiger partial charge in [-0.2, -0.15) is 9.57 Å². The summed E-state index contributed by atoms with van der Waals surface area (Å²) in [7, 11) is -3.34. The van der Waals surface area contributed by atoms with Crippen LogP contribution in [0.3, 0.4) is 0 Å². The zero-order chi connectivity index (χ0) is 17.6. The second-order valence-electron chi connectivity index (χ2n) is 6.12. The Labute approximate surface area is 143 Å². The molecule has 24 heavy (non-hydrogen) atoms. The second kappa shape index (κ2) is 8.27. The minimum absolute atomic E-state index is 0.00653. The van der Waals surface area contributed by atoms with Crippen LogP contribution in [-0.2, 0) is 14.8 Å². The van der Waals surface area contributed by atoms with E-state index in [1.165, 1.54) is 10.6 Å². The van der Waals surface area contributed by atoms with Gasteiger partial charge >= 0.3 is 0 Å². The van der Waals surface area contributed by atoms with Crippen LogP contribution in [0.25, 0.3) is 0 Å². The van der Waals surface area contributed by atoms with Crippen LogP contribution in [0.4, 0.5) is 5.69 Å². The van der Waals surface area contributed by atoms with Gasteiger partial charge in [0.2, 0.25) is 15.9 Å². The number of nitrogens with one attached hydrogen (secondary N) is 1. The quantitative estimate of drug-likeness (QED) is 0.854. The van der Waals surface area contributed by atoms with Crippen molar-refractivity contribution in [3.8, 4) is 6.07 Å². The van der Waals surface area contributed by atoms with Crippen LogP contribution in [0.2, 0.25) is 0 Å². The van der Waals surface area contributed by atoms with Gasteiger partial charge in [0.25, 0.3) is 0 Å². The lowest BCUT2D eigenvalue weighted by atomic mass is 9.95. The Hall–Kier alpha value is -1.91. The first kappa shape index (κ1) is 18.4. The number of amides is 1. The average Bonchev–Trinajstić information content (AvgIpc) is 2.55. The number of sulfonamides is 1. The Morgan fingerprint density at radius 2 is 1.96 bits per heavy atom. The summed E-state index contributed by atoms with van der Waals surface area (Å²) in [6, 6.07) is 8.76. The number of carbonyl (C=O) groups excluding carboxylic acids is 1. The lowest BCUT2D eigenvalue weighted by Gasteiger charge is -2.32. The van der Waals surface area contributed by atoms with Crippen LogP contribution in [0.1, 0.15) is 44.1 Å². The van der Waals surface area contributed by atoms with E-state index < -0.39 is 10.0 Å². The molecule has 1 amide bonds. The molecule has 1 aromatic rings. The third-order valence-corrected chi connectivity index (χ3v) is 5.62. The number of benzene rings is 1. The molecular formula is C17H23N3O3S. The smallest absolute Gasteiger partial charge is 0.225 e. The first-order valence-corrected chi connectivity index (χ1v) is 10.0. The molecule has 7 heteroatoms. The van der Waals surface area contributed by atoms with Crippen LogP contribution in [0.5, 0.6) is 0 Å². The van der Waals surface area contributed by atoms with Crippen molar-refractivity contribution >= 4 is 21.6 Å². The Morgan fingerprint density at radius 3 is 2.58 bits per heavy atom. The number of hydrogen-bond acceptors (Lipinski definition) is 4. The molecule has 0 radical (unpaired) electrons. The van der Waals surface area contributed by atoms with Crippen molar-refractivity contribution in [3.05, 3.63) is 29.8 Å². The standard InChI is InChI=1S/C17H23N3O3S/c1-24(22,23)20(15-8-3-2-4-9-15)12-11-17(21)19-16-10-6-5-7-14(16)13-18/h5-7,10,15H,2-4,8-9,11-12H2,1H3,(H,19,21). The molecule has 0 aromatic heterocycles. The van der Waals surface area contributed by atoms with E-state index in [1.54, 1.807) is 24.3 Å². The van der Waals surface area contributed by atoms with E-state index in [1.807, 2.05) is 6.07 Å². The zero-order valence-corrected chi connectivity index (χ0v) is 14.7. The van der Waals surface area contributed by atoms with E-state index in [2.05, 4.69) is 5.32 Å². The molecule has 1 fully saturated rings. The summed E-state index contributed by atoms with van der Waals surface area (Å²) < 4.78 is 25.6. The maximum atomic E-state index is 12.2. The van der Waals surface area contributed by atoms with Gasteiger partial charge in [-0.15, -0.1) is 0 Å². The van der Waals surface area contributed by atoms with Gasteiger partial charge < -0.3 is 5.32 Å². The molecule has 0 spiro atoms. The largest absolute Gasteiger partial charge is 0.325 e. The highest BCUT2D eigenvalue weighted by molar-refractivity contribution is 7.88. The van der Waals surface area contributed by atoms with E-state index in [4.69, 9.17) is 5.26 Å². The Kier molecular flexibility index (Phi) is 6.35. The van der Waals surface area contributed by atoms with Gasteiger partial charge in [-0.05, 0) is 25.0 Å². The van der Waals surface area contributed by atoms with Crippen molar-refractivity contribution in [1.29, 1.82) is 5.26 Å². The molecular weight excluding hydrogens is 326 g/mol. The number of nitrogens with zero attached hydrogens (tertiary/aromatic N) is 2. The second-order valence-corrected chi connectivity index (χ2v) is 8.06. The summed E-state index contributed by atoms with van der Waals surface area (Å²) in [4.78, 5) is 12.2. The van der Waals surface area contributed by atoms with Gasteiger partial charge in [0.1, 0.15) is 6.07 Å². The van der Waals surface area contributed by atoms with Gasteiger partial charge in [0.15, 0.2) is 0 Å². The maximum absolute atomic E-state index is 12.2. The molecule has 6 nitrogen and oxygen atoms in total. The summed E-state index contributed by atoms with van der Waals surface area (Å²) >= 11 is 0. The Balaban J connectivity index is 1.98. The van der Waals surface area contributed by atoms with E-state index >= 15 is 0 Å². The molecule has 1 aliphatic rings. The van der Waals surface area contributed by atoms with Crippen LogP contribution >= 0.6 is 0 Å². The summed E-state index contributed by atoms with van der Waals surface area (Å²) in [6.45, 7) is 0.171. The Bertz CT molecular complexity index is 719. The van der Waals surface area contributed by atoms with E-state index in [-0.39, 0.29) is 24.9 Å². The number of nitriles is 1. The molecule has 0 bridgehead atoms. The highest BCUT2D eigenvalue weighted by Gasteiger charge is 2.28. The molecule has 130 valence electrons. The highest BCUT2D eigenvalue weighted by Crippen LogP contribution is 2.24. The fourth-order valence-corrected chi connectivity index (χ4v) is 4.28. The van der Waals surface area contributed by atoms with Gasteiger partial charge in [-0.25, -0.2) is 8.42 Å². The fourth-order valence-electron chi connectivity index (χ4n) is 3.10. The number of anilines is 1. The number of rotatable bonds is 6. The topological polar surface area (TPSA) is 90.3 Å². The predicted octanol–water partition coefficient (Wildman–Crippen LogP) is 2.48. The van der Waals surface area contributed by atoms with E-state index in [0.29, 0.717) is 11.3 Å². The normalized spacial score (nSPS) is 15.9. The summed E-state index contributed by atoms with van der Waals surface area (Å²) in [6.07, 6.45) is 6.17. The average molecular weight is 349 g/mol. The monoisotopic (exact) mass is 349 g/mol. The van der Waals surface area contributed by atoms with Gasteiger partial charge in [0.05, 0.1) is 17.5 Å². The third kappa shape index (κ3) is 5.05. The van der Waals surface area contributed by atoms with Crippen molar-refractivity contribution < 1.29 is 13.2 Å². The van der Waals surface area contributed by atoms with Crippen molar-refractivity contribution in [2.75, 3.05) is 18.1 Å². The number of carbonyl (C=O) groups is 1.